The molecule has 9 heteroatoms. The van der Waals surface area contributed by atoms with Gasteiger partial charge in [-0.05, 0) is 19.2 Å². The number of para-hydroxylation sites is 1. The Morgan fingerprint density at radius 2 is 1.82 bits per heavy atom. The van der Waals surface area contributed by atoms with Crippen molar-refractivity contribution in [1.29, 1.82) is 0 Å². The molecule has 2 aromatic heterocycles. The Kier molecular flexibility index (Phi) is 5.97. The Bertz CT molecular complexity index is 1160. The van der Waals surface area contributed by atoms with E-state index in [-0.39, 0.29) is 11.8 Å². The van der Waals surface area contributed by atoms with Crippen LogP contribution in [0.1, 0.15) is 32.6 Å². The Labute approximate surface area is 192 Å². The van der Waals surface area contributed by atoms with Crippen LogP contribution in [0.25, 0.3) is 10.9 Å². The number of aromatic nitrogens is 3. The highest BCUT2D eigenvalue weighted by Crippen LogP contribution is 2.27. The van der Waals surface area contributed by atoms with Gasteiger partial charge in [-0.2, -0.15) is 0 Å². The van der Waals surface area contributed by atoms with Crippen LogP contribution in [-0.4, -0.2) is 94.4 Å². The van der Waals surface area contributed by atoms with Gasteiger partial charge in [-0.1, -0.05) is 18.2 Å². The first-order valence-corrected chi connectivity index (χ1v) is 11.1. The number of nitrogens with zero attached hydrogens (tertiary/aromatic N) is 6. The van der Waals surface area contributed by atoms with Gasteiger partial charge in [0.25, 0.3) is 11.8 Å². The van der Waals surface area contributed by atoms with Gasteiger partial charge in [0.1, 0.15) is 11.8 Å². The second-order valence-corrected chi connectivity index (χ2v) is 8.41. The van der Waals surface area contributed by atoms with Gasteiger partial charge in [0.2, 0.25) is 0 Å². The average molecular weight is 447 g/mol. The highest BCUT2D eigenvalue weighted by Gasteiger charge is 2.30. The summed E-state index contributed by atoms with van der Waals surface area (Å²) in [5.74, 6) is -0.183. The van der Waals surface area contributed by atoms with Crippen LogP contribution in [0.15, 0.2) is 48.9 Å². The third-order valence-electron chi connectivity index (χ3n) is 6.22. The van der Waals surface area contributed by atoms with Gasteiger partial charge >= 0.3 is 0 Å². The van der Waals surface area contributed by atoms with Crippen LogP contribution in [0.3, 0.4) is 0 Å². The van der Waals surface area contributed by atoms with Crippen LogP contribution in [0.2, 0.25) is 0 Å². The van der Waals surface area contributed by atoms with Crippen LogP contribution in [-0.2, 0) is 4.74 Å². The number of benzene rings is 1. The number of hydrogen-bond acceptors (Lipinski definition) is 7. The summed E-state index contributed by atoms with van der Waals surface area (Å²) in [5, 5.41) is 0.827. The number of morpholine rings is 1. The lowest BCUT2D eigenvalue weighted by molar-refractivity contribution is -0.0248. The Hall–Kier alpha value is -3.43. The number of piperazine rings is 1. The topological polar surface area (TPSA) is 91.8 Å². The minimum absolute atomic E-state index is 0.00579. The fourth-order valence-electron chi connectivity index (χ4n) is 4.30. The van der Waals surface area contributed by atoms with Gasteiger partial charge in [-0.25, -0.2) is 9.97 Å². The number of carbonyl (C=O) groups excluding carboxylic acids is 2. The minimum atomic E-state index is -0.428. The maximum absolute atomic E-state index is 13.5. The van der Waals surface area contributed by atoms with Gasteiger partial charge in [-0.3, -0.25) is 14.6 Å². The molecule has 0 spiro atoms. The van der Waals surface area contributed by atoms with Gasteiger partial charge in [0, 0.05) is 50.5 Å². The number of amides is 2. The smallest absolute Gasteiger partial charge is 0.274 e. The summed E-state index contributed by atoms with van der Waals surface area (Å²) in [6, 6.07) is 9.51. The van der Waals surface area contributed by atoms with Gasteiger partial charge < -0.3 is 19.4 Å². The van der Waals surface area contributed by atoms with Crippen molar-refractivity contribution in [2.75, 3.05) is 52.9 Å². The van der Waals surface area contributed by atoms with Crippen molar-refractivity contribution in [3.8, 4) is 0 Å². The molecule has 2 aliphatic heterocycles. The van der Waals surface area contributed by atoms with E-state index in [2.05, 4.69) is 21.9 Å². The summed E-state index contributed by atoms with van der Waals surface area (Å²) in [6.45, 7) is 4.28. The van der Waals surface area contributed by atoms with E-state index in [1.807, 2.05) is 35.2 Å². The van der Waals surface area contributed by atoms with E-state index in [1.54, 1.807) is 4.90 Å². The molecule has 2 fully saturated rings. The molecular formula is C24H26N6O3. The second-order valence-electron chi connectivity index (χ2n) is 8.41. The first-order valence-electron chi connectivity index (χ1n) is 11.1. The summed E-state index contributed by atoms with van der Waals surface area (Å²) < 4.78 is 6.00. The number of fused-ring (bicyclic) bond motifs is 1. The van der Waals surface area contributed by atoms with E-state index in [0.29, 0.717) is 49.7 Å². The van der Waals surface area contributed by atoms with Crippen molar-refractivity contribution in [1.82, 2.24) is 29.7 Å². The van der Waals surface area contributed by atoms with Gasteiger partial charge in [0.15, 0.2) is 0 Å². The molecule has 0 aliphatic carbocycles. The number of carbonyl (C=O) groups is 2. The number of hydrogen-bond donors (Lipinski definition) is 0. The van der Waals surface area contributed by atoms with E-state index in [9.17, 15) is 9.59 Å². The van der Waals surface area contributed by atoms with Crippen molar-refractivity contribution in [3.63, 3.8) is 0 Å². The molecule has 5 rings (SSSR count). The highest BCUT2D eigenvalue weighted by molar-refractivity contribution is 6.06. The molecule has 0 radical (unpaired) electrons. The molecule has 0 unspecified atom stereocenters. The Balaban J connectivity index is 1.44. The van der Waals surface area contributed by atoms with Crippen LogP contribution in [0.5, 0.6) is 0 Å². The van der Waals surface area contributed by atoms with Crippen molar-refractivity contribution >= 4 is 22.7 Å². The zero-order valence-corrected chi connectivity index (χ0v) is 18.6. The van der Waals surface area contributed by atoms with Crippen molar-refractivity contribution in [2.45, 2.75) is 6.10 Å². The predicted molar refractivity (Wildman–Crippen MR) is 122 cm³/mol. The number of likely N-dealkylation sites (N-methyl/N-ethyl adjacent to an activating group) is 1. The zero-order valence-electron chi connectivity index (χ0n) is 18.6. The number of pyridine rings is 1. The fraction of sp³-hybridized carbons (Fsp3) is 0.375. The van der Waals surface area contributed by atoms with Crippen molar-refractivity contribution in [2.24, 2.45) is 0 Å². The summed E-state index contributed by atoms with van der Waals surface area (Å²) >= 11 is 0. The molecule has 3 aromatic rings. The van der Waals surface area contributed by atoms with E-state index >= 15 is 0 Å². The highest BCUT2D eigenvalue weighted by atomic mass is 16.5. The molecule has 2 amide bonds. The minimum Gasteiger partial charge on any atom is -0.368 e. The summed E-state index contributed by atoms with van der Waals surface area (Å²) in [4.78, 5) is 45.1. The van der Waals surface area contributed by atoms with Gasteiger partial charge in [0.05, 0.1) is 36.1 Å². The van der Waals surface area contributed by atoms with Gasteiger partial charge in [-0.15, -0.1) is 0 Å². The van der Waals surface area contributed by atoms with E-state index < -0.39 is 6.10 Å². The molecule has 170 valence electrons. The van der Waals surface area contributed by atoms with E-state index in [0.717, 1.165) is 24.0 Å². The molecular weight excluding hydrogens is 420 g/mol. The maximum Gasteiger partial charge on any atom is 0.274 e. The molecule has 0 bridgehead atoms. The molecule has 1 aromatic carbocycles. The SMILES string of the molecule is CN1CCN(C(=O)c2cc([C@@H]3CN(C(=O)c4cnccn4)CCO3)nc3ccccc23)CC1. The summed E-state index contributed by atoms with van der Waals surface area (Å²) in [7, 11) is 2.07. The fourth-order valence-corrected chi connectivity index (χ4v) is 4.30. The van der Waals surface area contributed by atoms with Crippen molar-refractivity contribution in [3.05, 3.63) is 65.9 Å². The molecule has 1 atom stereocenters. The molecule has 4 heterocycles. The number of ether oxygens (including phenoxy) is 1. The largest absolute Gasteiger partial charge is 0.368 e. The molecule has 2 saturated heterocycles. The average Bonchev–Trinajstić information content (AvgIpc) is 2.88. The maximum atomic E-state index is 13.5. The third kappa shape index (κ3) is 4.42. The van der Waals surface area contributed by atoms with Crippen LogP contribution >= 0.6 is 0 Å². The summed E-state index contributed by atoms with van der Waals surface area (Å²) in [6.07, 6.45) is 4.08. The molecule has 0 saturated carbocycles. The first-order chi connectivity index (χ1) is 16.1. The van der Waals surface area contributed by atoms with Crippen LogP contribution in [0, 0.1) is 0 Å². The quantitative estimate of drug-likeness (QED) is 0.604. The lowest BCUT2D eigenvalue weighted by atomic mass is 10.0. The third-order valence-corrected chi connectivity index (χ3v) is 6.22. The second kappa shape index (κ2) is 9.21. The Morgan fingerprint density at radius 3 is 2.61 bits per heavy atom. The number of rotatable bonds is 3. The molecule has 2 aliphatic rings. The molecule has 9 nitrogen and oxygen atoms in total. The van der Waals surface area contributed by atoms with Crippen LogP contribution < -0.4 is 0 Å². The zero-order chi connectivity index (χ0) is 22.8. The molecule has 0 N–H and O–H groups in total. The molecule has 33 heavy (non-hydrogen) atoms. The summed E-state index contributed by atoms with van der Waals surface area (Å²) in [5.41, 5.74) is 2.33. The predicted octanol–water partition coefficient (Wildman–Crippen LogP) is 1.63. The van der Waals surface area contributed by atoms with E-state index in [4.69, 9.17) is 9.72 Å². The van der Waals surface area contributed by atoms with E-state index in [1.165, 1.54) is 18.6 Å². The monoisotopic (exact) mass is 446 g/mol. The van der Waals surface area contributed by atoms with Crippen LogP contribution in [0.4, 0.5) is 0 Å². The standard InChI is InChI=1S/C24H26N6O3/c1-28-8-10-29(11-9-28)23(31)18-14-20(27-19-5-3-2-4-17(18)19)22-16-30(12-13-33-22)24(32)21-15-25-6-7-26-21/h2-7,14-15,22H,8-13,16H2,1H3/t22-/m0/s1. The first kappa shape index (κ1) is 21.4. The lowest BCUT2D eigenvalue weighted by Crippen LogP contribution is -2.47. The van der Waals surface area contributed by atoms with Crippen molar-refractivity contribution < 1.29 is 14.3 Å². The lowest BCUT2D eigenvalue weighted by Gasteiger charge is -2.34. The normalized spacial score (nSPS) is 19.6. The Morgan fingerprint density at radius 1 is 1.00 bits per heavy atom.